The highest BCUT2D eigenvalue weighted by Gasteiger charge is 2.19. The van der Waals surface area contributed by atoms with Crippen molar-refractivity contribution in [2.45, 2.75) is 19.6 Å². The normalized spacial score (nSPS) is 11.6. The quantitative estimate of drug-likeness (QED) is 0.784. The van der Waals surface area contributed by atoms with Gasteiger partial charge in [-0.25, -0.2) is 4.79 Å². The summed E-state index contributed by atoms with van der Waals surface area (Å²) in [6, 6.07) is 14.4. The van der Waals surface area contributed by atoms with Gasteiger partial charge in [0.05, 0.1) is 0 Å². The van der Waals surface area contributed by atoms with Crippen LogP contribution in [0.4, 0.5) is 0 Å². The van der Waals surface area contributed by atoms with Crippen molar-refractivity contribution in [2.24, 2.45) is 5.73 Å². The van der Waals surface area contributed by atoms with Crippen LogP contribution in [0.3, 0.4) is 0 Å². The van der Waals surface area contributed by atoms with Gasteiger partial charge in [-0.3, -0.25) is 4.79 Å². The van der Waals surface area contributed by atoms with Crippen molar-refractivity contribution < 1.29 is 19.1 Å². The van der Waals surface area contributed by atoms with Crippen molar-refractivity contribution in [1.82, 2.24) is 0 Å². The molecule has 0 aliphatic carbocycles. The zero-order valence-corrected chi connectivity index (χ0v) is 14.1. The third-order valence-electron chi connectivity index (χ3n) is 3.07. The van der Waals surface area contributed by atoms with Crippen molar-refractivity contribution >= 4 is 27.8 Å². The van der Waals surface area contributed by atoms with Crippen LogP contribution in [0, 0.1) is 0 Å². The summed E-state index contributed by atoms with van der Waals surface area (Å²) in [5.74, 6) is -0.971. The number of ether oxygens (including phenoxy) is 2. The van der Waals surface area contributed by atoms with Crippen molar-refractivity contribution in [1.29, 1.82) is 0 Å². The second-order valence-corrected chi connectivity index (χ2v) is 5.78. The van der Waals surface area contributed by atoms with E-state index < -0.39 is 18.0 Å². The van der Waals surface area contributed by atoms with Crippen LogP contribution >= 0.6 is 15.9 Å². The molecule has 2 N–H and O–H groups in total. The van der Waals surface area contributed by atoms with Gasteiger partial charge < -0.3 is 15.2 Å². The number of hydrogen-bond donors (Lipinski definition) is 1. The van der Waals surface area contributed by atoms with Crippen LogP contribution < -0.4 is 10.5 Å². The smallest absolute Gasteiger partial charge is 0.342 e. The molecular formula is C17H16BrNO4. The summed E-state index contributed by atoms with van der Waals surface area (Å²) in [5, 5.41) is 0. The molecule has 0 saturated heterocycles. The number of halogens is 1. The molecule has 0 saturated carbocycles. The minimum atomic E-state index is -0.999. The summed E-state index contributed by atoms with van der Waals surface area (Å²) >= 11 is 3.39. The van der Waals surface area contributed by atoms with Crippen LogP contribution in [-0.2, 0) is 16.1 Å². The standard InChI is InChI=1S/C17H16BrNO4/c1-11(16(19)20)23-17(21)14-7-2-3-8-15(14)22-10-12-5-4-6-13(18)9-12/h2-9,11H,10H2,1H3,(H2,19,20)/t11-/m1/s1. The molecule has 1 atom stereocenters. The number of carbonyl (C=O) groups excluding carboxylic acids is 2. The Balaban J connectivity index is 2.11. The van der Waals surface area contributed by atoms with E-state index in [0.29, 0.717) is 12.4 Å². The number of para-hydroxylation sites is 1. The molecule has 120 valence electrons. The van der Waals surface area contributed by atoms with Gasteiger partial charge in [-0.1, -0.05) is 40.2 Å². The van der Waals surface area contributed by atoms with Gasteiger partial charge in [-0.05, 0) is 36.8 Å². The first-order chi connectivity index (χ1) is 11.0. The molecular weight excluding hydrogens is 362 g/mol. The number of amides is 1. The van der Waals surface area contributed by atoms with Crippen LogP contribution in [0.15, 0.2) is 53.0 Å². The van der Waals surface area contributed by atoms with Crippen LogP contribution in [0.5, 0.6) is 5.75 Å². The summed E-state index contributed by atoms with van der Waals surface area (Å²) < 4.78 is 11.7. The molecule has 23 heavy (non-hydrogen) atoms. The largest absolute Gasteiger partial charge is 0.488 e. The van der Waals surface area contributed by atoms with Gasteiger partial charge in [0, 0.05) is 4.47 Å². The van der Waals surface area contributed by atoms with E-state index in [2.05, 4.69) is 15.9 Å². The van der Waals surface area contributed by atoms with Crippen LogP contribution in [-0.4, -0.2) is 18.0 Å². The molecule has 1 amide bonds. The van der Waals surface area contributed by atoms with E-state index >= 15 is 0 Å². The molecule has 0 radical (unpaired) electrons. The Morgan fingerprint density at radius 3 is 2.61 bits per heavy atom. The van der Waals surface area contributed by atoms with Crippen LogP contribution in [0.25, 0.3) is 0 Å². The van der Waals surface area contributed by atoms with E-state index in [9.17, 15) is 9.59 Å². The van der Waals surface area contributed by atoms with Gasteiger partial charge in [-0.15, -0.1) is 0 Å². The molecule has 2 aromatic rings. The Morgan fingerprint density at radius 1 is 1.17 bits per heavy atom. The van der Waals surface area contributed by atoms with Gasteiger partial charge in [0.1, 0.15) is 17.9 Å². The second-order valence-electron chi connectivity index (χ2n) is 4.86. The third kappa shape index (κ3) is 4.82. The fraction of sp³-hybridized carbons (Fsp3) is 0.176. The Bertz CT molecular complexity index is 717. The maximum atomic E-state index is 12.1. The van der Waals surface area contributed by atoms with E-state index in [1.54, 1.807) is 24.3 Å². The fourth-order valence-corrected chi connectivity index (χ4v) is 2.28. The number of benzene rings is 2. The molecule has 0 bridgehead atoms. The number of rotatable bonds is 6. The Kier molecular flexibility index (Phi) is 5.76. The van der Waals surface area contributed by atoms with Crippen LogP contribution in [0.1, 0.15) is 22.8 Å². The fourth-order valence-electron chi connectivity index (χ4n) is 1.83. The van der Waals surface area contributed by atoms with Crippen LogP contribution in [0.2, 0.25) is 0 Å². The number of carbonyl (C=O) groups is 2. The highest BCUT2D eigenvalue weighted by Crippen LogP contribution is 2.21. The lowest BCUT2D eigenvalue weighted by Gasteiger charge is -2.13. The van der Waals surface area contributed by atoms with Gasteiger partial charge >= 0.3 is 5.97 Å². The third-order valence-corrected chi connectivity index (χ3v) is 3.57. The predicted molar refractivity (Wildman–Crippen MR) is 89.0 cm³/mol. The second kappa shape index (κ2) is 7.78. The zero-order chi connectivity index (χ0) is 16.8. The summed E-state index contributed by atoms with van der Waals surface area (Å²) in [4.78, 5) is 23.1. The average molecular weight is 378 g/mol. The van der Waals surface area contributed by atoms with Gasteiger partial charge in [0.25, 0.3) is 5.91 Å². The van der Waals surface area contributed by atoms with Crippen molar-refractivity contribution in [3.8, 4) is 5.75 Å². The molecule has 0 aliphatic heterocycles. The molecule has 0 aromatic heterocycles. The maximum absolute atomic E-state index is 12.1. The highest BCUT2D eigenvalue weighted by molar-refractivity contribution is 9.10. The van der Waals surface area contributed by atoms with E-state index in [-0.39, 0.29) is 5.56 Å². The topological polar surface area (TPSA) is 78.6 Å². The molecule has 0 spiro atoms. The summed E-state index contributed by atoms with van der Waals surface area (Å²) in [7, 11) is 0. The number of primary amides is 1. The predicted octanol–water partition coefficient (Wildman–Crippen LogP) is 3.06. The lowest BCUT2D eigenvalue weighted by molar-refractivity contribution is -0.125. The molecule has 0 aliphatic rings. The maximum Gasteiger partial charge on any atom is 0.342 e. The number of nitrogens with two attached hydrogens (primary N) is 1. The van der Waals surface area contributed by atoms with E-state index in [1.807, 2.05) is 24.3 Å². The lowest BCUT2D eigenvalue weighted by atomic mass is 10.2. The minimum Gasteiger partial charge on any atom is -0.488 e. The summed E-state index contributed by atoms with van der Waals surface area (Å²) in [5.41, 5.74) is 6.30. The minimum absolute atomic E-state index is 0.246. The van der Waals surface area contributed by atoms with Gasteiger partial charge in [-0.2, -0.15) is 0 Å². The molecule has 2 aromatic carbocycles. The van der Waals surface area contributed by atoms with E-state index in [1.165, 1.54) is 6.92 Å². The zero-order valence-electron chi connectivity index (χ0n) is 12.5. The molecule has 6 heteroatoms. The molecule has 2 rings (SSSR count). The number of hydrogen-bond acceptors (Lipinski definition) is 4. The average Bonchev–Trinajstić information content (AvgIpc) is 2.53. The number of esters is 1. The van der Waals surface area contributed by atoms with Gasteiger partial charge in [0.2, 0.25) is 0 Å². The van der Waals surface area contributed by atoms with E-state index in [0.717, 1.165) is 10.0 Å². The first-order valence-corrected chi connectivity index (χ1v) is 7.73. The summed E-state index contributed by atoms with van der Waals surface area (Å²) in [6.07, 6.45) is -0.999. The SMILES string of the molecule is C[C@@H](OC(=O)c1ccccc1OCc1cccc(Br)c1)C(N)=O. The first-order valence-electron chi connectivity index (χ1n) is 6.94. The van der Waals surface area contributed by atoms with Crippen molar-refractivity contribution in [2.75, 3.05) is 0 Å². The Hall–Kier alpha value is -2.34. The van der Waals surface area contributed by atoms with Crippen molar-refractivity contribution in [3.05, 3.63) is 64.1 Å². The lowest BCUT2D eigenvalue weighted by Crippen LogP contribution is -2.30. The van der Waals surface area contributed by atoms with E-state index in [4.69, 9.17) is 15.2 Å². The monoisotopic (exact) mass is 377 g/mol. The first kappa shape index (κ1) is 17.0. The molecule has 5 nitrogen and oxygen atoms in total. The van der Waals surface area contributed by atoms with Crippen molar-refractivity contribution in [3.63, 3.8) is 0 Å². The Labute approximate surface area is 142 Å². The Morgan fingerprint density at radius 2 is 1.91 bits per heavy atom. The highest BCUT2D eigenvalue weighted by atomic mass is 79.9. The summed E-state index contributed by atoms with van der Waals surface area (Å²) in [6.45, 7) is 1.72. The molecule has 0 heterocycles. The van der Waals surface area contributed by atoms with Gasteiger partial charge in [0.15, 0.2) is 6.10 Å². The molecule has 0 unspecified atom stereocenters. The molecule has 0 fully saturated rings.